The van der Waals surface area contributed by atoms with Crippen molar-refractivity contribution in [2.75, 3.05) is 5.73 Å². The summed E-state index contributed by atoms with van der Waals surface area (Å²) < 4.78 is 6.01. The van der Waals surface area contributed by atoms with Gasteiger partial charge in [-0.15, -0.1) is 0 Å². The number of rotatable bonds is 5. The first-order valence-electron chi connectivity index (χ1n) is 7.79. The predicted molar refractivity (Wildman–Crippen MR) is 93.8 cm³/mol. The molecule has 0 saturated heterocycles. The molecule has 0 aliphatic rings. The highest BCUT2D eigenvalue weighted by molar-refractivity contribution is 5.85. The van der Waals surface area contributed by atoms with Crippen LogP contribution in [-0.4, -0.2) is 0 Å². The summed E-state index contributed by atoms with van der Waals surface area (Å²) in [5.41, 5.74) is 10.1. The Morgan fingerprint density at radius 2 is 1.91 bits per heavy atom. The first-order valence-corrected chi connectivity index (χ1v) is 7.79. The van der Waals surface area contributed by atoms with Crippen molar-refractivity contribution in [1.82, 2.24) is 0 Å². The number of benzene rings is 2. The van der Waals surface area contributed by atoms with Gasteiger partial charge in [-0.05, 0) is 36.6 Å². The Morgan fingerprint density at radius 3 is 2.68 bits per heavy atom. The highest BCUT2D eigenvalue weighted by atomic mass is 16.3. The van der Waals surface area contributed by atoms with Gasteiger partial charge >= 0.3 is 0 Å². The van der Waals surface area contributed by atoms with Gasteiger partial charge in [0, 0.05) is 23.1 Å². The van der Waals surface area contributed by atoms with Crippen molar-refractivity contribution < 1.29 is 4.42 Å². The Bertz CT molecular complexity index is 784. The standard InChI is InChI=1S/C20H21NO/c1-2-17-18-14-16(21)12-13-20(18)22-19(17)11-7-6-10-15-8-4-3-5-9-15/h3-6,8-10,12-14H,2,7,11,21H2,1H3/b10-6+. The second-order valence-electron chi connectivity index (χ2n) is 5.46. The minimum atomic E-state index is 0.790. The zero-order valence-corrected chi connectivity index (χ0v) is 12.9. The van der Waals surface area contributed by atoms with E-state index in [9.17, 15) is 0 Å². The molecule has 2 heteroatoms. The lowest BCUT2D eigenvalue weighted by Gasteiger charge is -1.98. The number of aryl methyl sites for hydroxylation is 2. The van der Waals surface area contributed by atoms with Crippen molar-refractivity contribution in [2.24, 2.45) is 0 Å². The average Bonchev–Trinajstić information content (AvgIpc) is 2.89. The van der Waals surface area contributed by atoms with Crippen LogP contribution in [0.15, 0.2) is 59.0 Å². The molecule has 112 valence electrons. The van der Waals surface area contributed by atoms with Gasteiger partial charge in [-0.2, -0.15) is 0 Å². The van der Waals surface area contributed by atoms with E-state index >= 15 is 0 Å². The molecule has 22 heavy (non-hydrogen) atoms. The molecule has 0 fully saturated rings. The summed E-state index contributed by atoms with van der Waals surface area (Å²) in [5.74, 6) is 1.08. The van der Waals surface area contributed by atoms with Gasteiger partial charge in [-0.25, -0.2) is 0 Å². The first-order chi connectivity index (χ1) is 10.8. The van der Waals surface area contributed by atoms with Crippen molar-refractivity contribution in [3.63, 3.8) is 0 Å². The van der Waals surface area contributed by atoms with Crippen LogP contribution in [-0.2, 0) is 12.8 Å². The molecule has 0 atom stereocenters. The number of allylic oxidation sites excluding steroid dienone is 1. The summed E-state index contributed by atoms with van der Waals surface area (Å²) >= 11 is 0. The lowest BCUT2D eigenvalue weighted by Crippen LogP contribution is -1.88. The minimum absolute atomic E-state index is 0.790. The topological polar surface area (TPSA) is 39.2 Å². The van der Waals surface area contributed by atoms with Crippen LogP contribution in [0.5, 0.6) is 0 Å². The number of anilines is 1. The van der Waals surface area contributed by atoms with Crippen molar-refractivity contribution in [2.45, 2.75) is 26.2 Å². The van der Waals surface area contributed by atoms with Crippen LogP contribution >= 0.6 is 0 Å². The molecular formula is C20H21NO. The van der Waals surface area contributed by atoms with Gasteiger partial charge in [0.15, 0.2) is 0 Å². The summed E-state index contributed by atoms with van der Waals surface area (Å²) in [6.45, 7) is 2.16. The predicted octanol–water partition coefficient (Wildman–Crippen LogP) is 5.22. The maximum atomic E-state index is 6.01. The van der Waals surface area contributed by atoms with Crippen LogP contribution in [0.25, 0.3) is 17.0 Å². The highest BCUT2D eigenvalue weighted by Crippen LogP contribution is 2.29. The molecule has 0 radical (unpaired) electrons. The smallest absolute Gasteiger partial charge is 0.134 e. The molecule has 2 aromatic carbocycles. The number of furan rings is 1. The Labute approximate surface area is 131 Å². The molecule has 0 aliphatic carbocycles. The fourth-order valence-corrected chi connectivity index (χ4v) is 2.80. The first kappa shape index (κ1) is 14.5. The van der Waals surface area contributed by atoms with Gasteiger partial charge in [0.25, 0.3) is 0 Å². The Morgan fingerprint density at radius 1 is 1.09 bits per heavy atom. The van der Waals surface area contributed by atoms with E-state index in [-0.39, 0.29) is 0 Å². The molecular weight excluding hydrogens is 270 g/mol. The van der Waals surface area contributed by atoms with Gasteiger partial charge in [-0.3, -0.25) is 0 Å². The summed E-state index contributed by atoms with van der Waals surface area (Å²) in [5, 5.41) is 1.16. The lowest BCUT2D eigenvalue weighted by atomic mass is 10.0. The second-order valence-corrected chi connectivity index (χ2v) is 5.46. The van der Waals surface area contributed by atoms with Crippen molar-refractivity contribution in [1.29, 1.82) is 0 Å². The molecule has 0 unspecified atom stereocenters. The molecule has 0 spiro atoms. The van der Waals surface area contributed by atoms with Gasteiger partial charge in [0.05, 0.1) is 0 Å². The largest absolute Gasteiger partial charge is 0.461 e. The van der Waals surface area contributed by atoms with Gasteiger partial charge in [0.2, 0.25) is 0 Å². The van der Waals surface area contributed by atoms with Gasteiger partial charge in [-0.1, -0.05) is 49.4 Å². The van der Waals surface area contributed by atoms with Crippen LogP contribution in [0, 0.1) is 0 Å². The third-order valence-corrected chi connectivity index (χ3v) is 3.90. The van der Waals surface area contributed by atoms with Gasteiger partial charge in [0.1, 0.15) is 11.3 Å². The van der Waals surface area contributed by atoms with E-state index in [1.54, 1.807) is 0 Å². The maximum absolute atomic E-state index is 6.01. The molecule has 3 aromatic rings. The molecule has 0 saturated carbocycles. The van der Waals surface area contributed by atoms with E-state index in [2.05, 4.69) is 43.3 Å². The van der Waals surface area contributed by atoms with E-state index in [0.717, 1.165) is 41.7 Å². The molecule has 1 aromatic heterocycles. The maximum Gasteiger partial charge on any atom is 0.134 e. The third kappa shape index (κ3) is 3.06. The minimum Gasteiger partial charge on any atom is -0.461 e. The summed E-state index contributed by atoms with van der Waals surface area (Å²) in [7, 11) is 0. The zero-order chi connectivity index (χ0) is 15.4. The monoisotopic (exact) mass is 291 g/mol. The quantitative estimate of drug-likeness (QED) is 0.654. The molecule has 0 aliphatic heterocycles. The van der Waals surface area contributed by atoms with E-state index in [1.807, 2.05) is 24.3 Å². The van der Waals surface area contributed by atoms with Crippen molar-refractivity contribution in [3.05, 3.63) is 71.5 Å². The average molecular weight is 291 g/mol. The molecule has 2 N–H and O–H groups in total. The summed E-state index contributed by atoms with van der Waals surface area (Å²) in [6.07, 6.45) is 7.22. The van der Waals surface area contributed by atoms with Crippen LogP contribution < -0.4 is 5.73 Å². The highest BCUT2D eigenvalue weighted by Gasteiger charge is 2.12. The van der Waals surface area contributed by atoms with Crippen LogP contribution in [0.3, 0.4) is 0 Å². The van der Waals surface area contributed by atoms with Gasteiger partial charge < -0.3 is 10.2 Å². The molecule has 1 heterocycles. The van der Waals surface area contributed by atoms with Crippen LogP contribution in [0.1, 0.15) is 30.2 Å². The van der Waals surface area contributed by atoms with Crippen LogP contribution in [0.2, 0.25) is 0 Å². The Kier molecular flexibility index (Phi) is 4.29. The molecule has 3 rings (SSSR count). The Balaban J connectivity index is 1.75. The zero-order valence-electron chi connectivity index (χ0n) is 12.9. The SMILES string of the molecule is CCc1c(CC/C=C/c2ccccc2)oc2ccc(N)cc12. The summed E-state index contributed by atoms with van der Waals surface area (Å²) in [4.78, 5) is 0. The molecule has 0 amide bonds. The molecule has 2 nitrogen and oxygen atoms in total. The van der Waals surface area contributed by atoms with E-state index in [4.69, 9.17) is 10.2 Å². The Hall–Kier alpha value is -2.48. The normalized spacial score (nSPS) is 11.5. The summed E-state index contributed by atoms with van der Waals surface area (Å²) in [6, 6.07) is 16.2. The van der Waals surface area contributed by atoms with Crippen molar-refractivity contribution in [3.8, 4) is 0 Å². The van der Waals surface area contributed by atoms with E-state index in [1.165, 1.54) is 11.1 Å². The second kappa shape index (κ2) is 6.52. The lowest BCUT2D eigenvalue weighted by molar-refractivity contribution is 0.543. The fourth-order valence-electron chi connectivity index (χ4n) is 2.80. The van der Waals surface area contributed by atoms with E-state index < -0.39 is 0 Å². The van der Waals surface area contributed by atoms with Crippen molar-refractivity contribution >= 4 is 22.7 Å². The number of nitrogen functional groups attached to an aromatic ring is 1. The third-order valence-electron chi connectivity index (χ3n) is 3.90. The van der Waals surface area contributed by atoms with E-state index in [0.29, 0.717) is 0 Å². The fraction of sp³-hybridized carbons (Fsp3) is 0.200. The van der Waals surface area contributed by atoms with Crippen LogP contribution in [0.4, 0.5) is 5.69 Å². The number of hydrogen-bond acceptors (Lipinski definition) is 2. The number of nitrogens with two attached hydrogens (primary N) is 1. The number of fused-ring (bicyclic) bond motifs is 1. The molecule has 0 bridgehead atoms. The number of hydrogen-bond donors (Lipinski definition) is 1.